The van der Waals surface area contributed by atoms with Crippen molar-refractivity contribution in [2.45, 2.75) is 26.2 Å². The monoisotopic (exact) mass is 574 g/mol. The van der Waals surface area contributed by atoms with E-state index in [9.17, 15) is 0 Å². The molecule has 0 spiro atoms. The molecule has 0 radical (unpaired) electrons. The molecule has 7 aromatic carbocycles. The smallest absolute Gasteiger partial charge is 0.188 e. The number of fused-ring (bicyclic) bond motifs is 9. The molecule has 9 rings (SSSR count). The van der Waals surface area contributed by atoms with Crippen molar-refractivity contribution in [1.82, 2.24) is 4.57 Å². The lowest BCUT2D eigenvalue weighted by molar-refractivity contribution is 0.590. The van der Waals surface area contributed by atoms with Gasteiger partial charge in [-0.15, -0.1) is 0 Å². The maximum absolute atomic E-state index is 7.51. The number of hydrogen-bond donors (Lipinski definition) is 0. The van der Waals surface area contributed by atoms with Crippen LogP contribution in [-0.2, 0) is 5.41 Å². The first-order valence-electron chi connectivity index (χ1n) is 15.5. The van der Waals surface area contributed by atoms with Gasteiger partial charge in [0, 0.05) is 11.1 Å². The van der Waals surface area contributed by atoms with Gasteiger partial charge in [-0.3, -0.25) is 0 Å². The van der Waals surface area contributed by atoms with Crippen LogP contribution in [0, 0.1) is 6.57 Å². The first-order chi connectivity index (χ1) is 21.9. The first kappa shape index (κ1) is 25.8. The molecule has 1 aliphatic carbocycles. The molecule has 1 heterocycles. The van der Waals surface area contributed by atoms with Crippen molar-refractivity contribution >= 4 is 49.0 Å². The van der Waals surface area contributed by atoms with E-state index in [0.717, 1.165) is 22.1 Å². The van der Waals surface area contributed by atoms with E-state index in [1.165, 1.54) is 65.9 Å². The van der Waals surface area contributed by atoms with E-state index in [0.29, 0.717) is 5.69 Å². The molecule has 2 heteroatoms. The van der Waals surface area contributed by atoms with Crippen LogP contribution in [0.4, 0.5) is 5.69 Å². The van der Waals surface area contributed by atoms with Crippen molar-refractivity contribution in [2.75, 3.05) is 0 Å². The molecule has 0 unspecified atom stereocenters. The molecule has 0 N–H and O–H groups in total. The molecule has 1 aliphatic rings. The Bertz CT molecular complexity index is 2570. The second kappa shape index (κ2) is 9.18. The fraction of sp³-hybridized carbons (Fsp3) is 0.0930. The predicted molar refractivity (Wildman–Crippen MR) is 191 cm³/mol. The summed E-state index contributed by atoms with van der Waals surface area (Å²) in [6.07, 6.45) is 0. The van der Waals surface area contributed by atoms with E-state index in [2.05, 4.69) is 145 Å². The Morgan fingerprint density at radius 1 is 0.511 bits per heavy atom. The summed E-state index contributed by atoms with van der Waals surface area (Å²) in [5, 5.41) is 7.30. The third-order valence-electron chi connectivity index (χ3n) is 9.64. The second-order valence-corrected chi connectivity index (χ2v) is 13.4. The standard InChI is InChI=1S/C43H30N2/c1-43(2,3)32-14-11-26(12-15-32)27-9-10-28-21-36-38(23-30(28)19-27)37-22-29-13-17-34(20-31(29)24-39(36)37)45-41-8-6-5-7-35(41)40-25-33(44-4)16-18-42(40)45/h5-25H,1-3H3. The van der Waals surface area contributed by atoms with Crippen LogP contribution >= 0.6 is 0 Å². The Kier molecular flexibility index (Phi) is 5.26. The predicted octanol–water partition coefficient (Wildman–Crippen LogP) is 12.3. The summed E-state index contributed by atoms with van der Waals surface area (Å²) in [5.41, 5.74) is 13.4. The highest BCUT2D eigenvalue weighted by Crippen LogP contribution is 2.50. The van der Waals surface area contributed by atoms with Gasteiger partial charge in [0.1, 0.15) is 0 Å². The average Bonchev–Trinajstić information content (AvgIpc) is 3.39. The highest BCUT2D eigenvalue weighted by Gasteiger charge is 2.24. The summed E-state index contributed by atoms with van der Waals surface area (Å²) in [4.78, 5) is 3.68. The van der Waals surface area contributed by atoms with Gasteiger partial charge in [-0.05, 0) is 132 Å². The van der Waals surface area contributed by atoms with Crippen molar-refractivity contribution in [1.29, 1.82) is 0 Å². The van der Waals surface area contributed by atoms with Crippen LogP contribution in [0.15, 0.2) is 127 Å². The van der Waals surface area contributed by atoms with Crippen molar-refractivity contribution in [3.63, 3.8) is 0 Å². The van der Waals surface area contributed by atoms with Gasteiger partial charge >= 0.3 is 0 Å². The average molecular weight is 575 g/mol. The van der Waals surface area contributed by atoms with Gasteiger partial charge in [0.25, 0.3) is 0 Å². The third kappa shape index (κ3) is 3.88. The SMILES string of the molecule is [C-]#[N+]c1ccc2c(c1)c1ccccc1n2-c1ccc2cc3c(cc2c1)-c1cc2ccc(-c4ccc(C(C)(C)C)cc4)cc2cc1-3. The summed E-state index contributed by atoms with van der Waals surface area (Å²) in [7, 11) is 0. The molecule has 0 amide bonds. The molecule has 0 atom stereocenters. The molecule has 0 bridgehead atoms. The van der Waals surface area contributed by atoms with Crippen LogP contribution in [0.1, 0.15) is 26.3 Å². The Hall–Kier alpha value is -5.65. The number of benzene rings is 7. The van der Waals surface area contributed by atoms with E-state index in [1.807, 2.05) is 12.1 Å². The Morgan fingerprint density at radius 2 is 1.11 bits per heavy atom. The van der Waals surface area contributed by atoms with Crippen LogP contribution in [0.5, 0.6) is 0 Å². The minimum atomic E-state index is 0.151. The van der Waals surface area contributed by atoms with Gasteiger partial charge < -0.3 is 4.57 Å². The Morgan fingerprint density at radius 3 is 1.80 bits per heavy atom. The molecule has 0 saturated heterocycles. The van der Waals surface area contributed by atoms with E-state index in [4.69, 9.17) is 6.57 Å². The quantitative estimate of drug-likeness (QED) is 0.182. The van der Waals surface area contributed by atoms with Crippen molar-refractivity contribution < 1.29 is 0 Å². The van der Waals surface area contributed by atoms with E-state index < -0.39 is 0 Å². The number of rotatable bonds is 2. The Labute approximate surface area is 262 Å². The van der Waals surface area contributed by atoms with Crippen LogP contribution < -0.4 is 0 Å². The molecule has 212 valence electrons. The number of nitrogens with zero attached hydrogens (tertiary/aromatic N) is 2. The molecule has 8 aromatic rings. The zero-order valence-corrected chi connectivity index (χ0v) is 25.5. The molecular formula is C43H30N2. The summed E-state index contributed by atoms with van der Waals surface area (Å²) in [6.45, 7) is 14.3. The first-order valence-corrected chi connectivity index (χ1v) is 15.5. The van der Waals surface area contributed by atoms with Gasteiger partial charge in [0.15, 0.2) is 5.69 Å². The molecule has 0 saturated carbocycles. The zero-order chi connectivity index (χ0) is 30.4. The Balaban J connectivity index is 1.12. The molecule has 1 aromatic heterocycles. The third-order valence-corrected chi connectivity index (χ3v) is 9.64. The van der Waals surface area contributed by atoms with Crippen LogP contribution in [-0.4, -0.2) is 4.57 Å². The van der Waals surface area contributed by atoms with Crippen LogP contribution in [0.25, 0.3) is 87.3 Å². The number of aromatic nitrogens is 1. The topological polar surface area (TPSA) is 9.29 Å². The van der Waals surface area contributed by atoms with Gasteiger partial charge in [-0.2, -0.15) is 0 Å². The number of hydrogen-bond acceptors (Lipinski definition) is 0. The van der Waals surface area contributed by atoms with Gasteiger partial charge in [-0.1, -0.05) is 87.5 Å². The van der Waals surface area contributed by atoms with Crippen molar-refractivity contribution in [3.8, 4) is 39.1 Å². The second-order valence-electron chi connectivity index (χ2n) is 13.4. The lowest BCUT2D eigenvalue weighted by atomic mass is 9.77. The fourth-order valence-electron chi connectivity index (χ4n) is 7.20. The minimum Gasteiger partial charge on any atom is -0.309 e. The van der Waals surface area contributed by atoms with Crippen molar-refractivity contribution in [3.05, 3.63) is 144 Å². The molecule has 0 aliphatic heterocycles. The zero-order valence-electron chi connectivity index (χ0n) is 25.5. The van der Waals surface area contributed by atoms with E-state index in [1.54, 1.807) is 0 Å². The molecule has 0 fully saturated rings. The highest BCUT2D eigenvalue weighted by molar-refractivity contribution is 6.13. The molecular weight excluding hydrogens is 544 g/mol. The van der Waals surface area contributed by atoms with Crippen molar-refractivity contribution in [2.24, 2.45) is 0 Å². The maximum atomic E-state index is 7.51. The normalized spacial score (nSPS) is 12.3. The largest absolute Gasteiger partial charge is 0.309 e. The number of para-hydroxylation sites is 1. The fourth-order valence-corrected chi connectivity index (χ4v) is 7.20. The van der Waals surface area contributed by atoms with E-state index >= 15 is 0 Å². The van der Waals surface area contributed by atoms with Gasteiger partial charge in [0.05, 0.1) is 17.6 Å². The minimum absolute atomic E-state index is 0.151. The molecule has 2 nitrogen and oxygen atoms in total. The lowest BCUT2D eigenvalue weighted by Crippen LogP contribution is -2.10. The van der Waals surface area contributed by atoms with Gasteiger partial charge in [-0.25, -0.2) is 4.85 Å². The maximum Gasteiger partial charge on any atom is 0.188 e. The summed E-state index contributed by atoms with van der Waals surface area (Å²) in [5.74, 6) is 0. The van der Waals surface area contributed by atoms with Crippen LogP contribution in [0.3, 0.4) is 0 Å². The summed E-state index contributed by atoms with van der Waals surface area (Å²) in [6, 6.07) is 46.6. The highest BCUT2D eigenvalue weighted by atomic mass is 15.0. The summed E-state index contributed by atoms with van der Waals surface area (Å²) < 4.78 is 2.33. The van der Waals surface area contributed by atoms with Crippen LogP contribution in [0.2, 0.25) is 0 Å². The lowest BCUT2D eigenvalue weighted by Gasteiger charge is -2.26. The molecule has 45 heavy (non-hydrogen) atoms. The summed E-state index contributed by atoms with van der Waals surface area (Å²) >= 11 is 0. The van der Waals surface area contributed by atoms with Gasteiger partial charge in [0.2, 0.25) is 0 Å². The van der Waals surface area contributed by atoms with E-state index in [-0.39, 0.29) is 5.41 Å².